The number of hydrogen-bond acceptors (Lipinski definition) is 8. The van der Waals surface area contributed by atoms with E-state index < -0.39 is 11.9 Å². The van der Waals surface area contributed by atoms with Crippen LogP contribution in [0.3, 0.4) is 0 Å². The summed E-state index contributed by atoms with van der Waals surface area (Å²) >= 11 is 1.86. The summed E-state index contributed by atoms with van der Waals surface area (Å²) < 4.78 is 3.46. The number of nitrogens with zero attached hydrogens (tertiary/aromatic N) is 4. The highest BCUT2D eigenvalue weighted by Crippen LogP contribution is 2.13. The van der Waals surface area contributed by atoms with Gasteiger partial charge in [0.05, 0.1) is 0 Å². The van der Waals surface area contributed by atoms with Crippen LogP contribution in [0.25, 0.3) is 0 Å². The smallest absolute Gasteiger partial charge is 0.355 e. The minimum atomic E-state index is -1.17. The highest BCUT2D eigenvalue weighted by Gasteiger charge is 2.15. The SMILES string of the molecule is O=C(O)c1csc(C(=O)Nc2nnns2)n1. The average molecular weight is 257 g/mol. The van der Waals surface area contributed by atoms with Crippen LogP contribution in [0.1, 0.15) is 20.3 Å². The van der Waals surface area contributed by atoms with Gasteiger partial charge in [-0.25, -0.2) is 9.78 Å². The number of aromatic carboxylic acids is 1. The van der Waals surface area contributed by atoms with Crippen molar-refractivity contribution in [1.29, 1.82) is 0 Å². The van der Waals surface area contributed by atoms with Gasteiger partial charge < -0.3 is 5.11 Å². The number of nitrogens with one attached hydrogen (secondary N) is 1. The predicted molar refractivity (Wildman–Crippen MR) is 54.7 cm³/mol. The van der Waals surface area contributed by atoms with Crippen LogP contribution in [0.5, 0.6) is 0 Å². The van der Waals surface area contributed by atoms with Crippen molar-refractivity contribution in [3.8, 4) is 0 Å². The van der Waals surface area contributed by atoms with E-state index in [9.17, 15) is 9.59 Å². The molecule has 0 bridgehead atoms. The number of carboxylic acids is 1. The average Bonchev–Trinajstić information content (AvgIpc) is 2.86. The zero-order valence-electron chi connectivity index (χ0n) is 7.45. The molecule has 2 rings (SSSR count). The van der Waals surface area contributed by atoms with Crippen LogP contribution in [0.4, 0.5) is 5.13 Å². The molecule has 0 aromatic carbocycles. The predicted octanol–water partition coefficient (Wildman–Crippen LogP) is 0.340. The maximum atomic E-state index is 11.5. The van der Waals surface area contributed by atoms with E-state index >= 15 is 0 Å². The summed E-state index contributed by atoms with van der Waals surface area (Å²) in [6.45, 7) is 0. The number of hydrogen-bond donors (Lipinski definition) is 2. The molecule has 1 amide bonds. The Balaban J connectivity index is 2.12. The Hall–Kier alpha value is -1.94. The van der Waals surface area contributed by atoms with Crippen LogP contribution in [0.15, 0.2) is 5.38 Å². The Morgan fingerprint density at radius 3 is 2.81 bits per heavy atom. The Bertz CT molecular complexity index is 522. The summed E-state index contributed by atoms with van der Waals surface area (Å²) in [4.78, 5) is 25.7. The first-order valence-corrected chi connectivity index (χ1v) is 5.47. The fraction of sp³-hybridized carbons (Fsp3) is 0. The largest absolute Gasteiger partial charge is 0.476 e. The molecule has 16 heavy (non-hydrogen) atoms. The van der Waals surface area contributed by atoms with E-state index in [2.05, 4.69) is 25.1 Å². The van der Waals surface area contributed by atoms with Gasteiger partial charge in [0.25, 0.3) is 5.91 Å². The molecule has 0 aliphatic carbocycles. The van der Waals surface area contributed by atoms with Crippen molar-refractivity contribution in [2.45, 2.75) is 0 Å². The van der Waals surface area contributed by atoms with Crippen molar-refractivity contribution in [3.05, 3.63) is 16.1 Å². The Kier molecular flexibility index (Phi) is 2.83. The normalized spacial score (nSPS) is 10.0. The Labute approximate surface area is 96.1 Å². The van der Waals surface area contributed by atoms with Gasteiger partial charge in [0.15, 0.2) is 10.7 Å². The molecular weight excluding hydrogens is 254 g/mol. The molecule has 8 nitrogen and oxygen atoms in total. The Morgan fingerprint density at radius 1 is 1.44 bits per heavy atom. The number of carbonyl (C=O) groups is 2. The van der Waals surface area contributed by atoms with Crippen molar-refractivity contribution >= 4 is 39.9 Å². The molecule has 10 heteroatoms. The third-order valence-electron chi connectivity index (χ3n) is 1.44. The molecule has 2 N–H and O–H groups in total. The lowest BCUT2D eigenvalue weighted by molar-refractivity contribution is 0.0691. The van der Waals surface area contributed by atoms with Gasteiger partial charge in [0.2, 0.25) is 5.13 Å². The van der Waals surface area contributed by atoms with Crippen LogP contribution in [0, 0.1) is 0 Å². The third-order valence-corrected chi connectivity index (χ3v) is 2.79. The molecule has 2 heterocycles. The second kappa shape index (κ2) is 4.28. The van der Waals surface area contributed by atoms with Gasteiger partial charge in [-0.05, 0) is 5.21 Å². The molecule has 0 saturated heterocycles. The standard InChI is InChI=1S/C6H3N5O3S2/c12-3(8-6-9-10-11-16-6)4-7-2(1-15-4)5(13)14/h1H,(H,13,14)(H,8,9,11,12). The number of rotatable bonds is 3. The molecule has 0 aliphatic rings. The van der Waals surface area contributed by atoms with Gasteiger partial charge in [-0.1, -0.05) is 9.59 Å². The third kappa shape index (κ3) is 2.17. The molecule has 0 unspecified atom stereocenters. The topological polar surface area (TPSA) is 118 Å². The maximum absolute atomic E-state index is 11.5. The van der Waals surface area contributed by atoms with Crippen molar-refractivity contribution < 1.29 is 14.7 Å². The molecule has 0 fully saturated rings. The summed E-state index contributed by atoms with van der Waals surface area (Å²) in [6, 6.07) is 0. The van der Waals surface area contributed by atoms with E-state index in [1.807, 2.05) is 0 Å². The number of aromatic nitrogens is 4. The zero-order valence-corrected chi connectivity index (χ0v) is 9.08. The summed E-state index contributed by atoms with van der Waals surface area (Å²) in [5, 5.41) is 19.4. The van der Waals surface area contributed by atoms with Gasteiger partial charge in [0, 0.05) is 16.9 Å². The van der Waals surface area contributed by atoms with Crippen molar-refractivity contribution in [2.24, 2.45) is 0 Å². The highest BCUT2D eigenvalue weighted by molar-refractivity contribution is 7.12. The van der Waals surface area contributed by atoms with Crippen molar-refractivity contribution in [2.75, 3.05) is 5.32 Å². The van der Waals surface area contributed by atoms with Crippen molar-refractivity contribution in [3.63, 3.8) is 0 Å². The lowest BCUT2D eigenvalue weighted by Gasteiger charge is -1.94. The molecule has 0 atom stereocenters. The molecule has 2 aromatic heterocycles. The minimum Gasteiger partial charge on any atom is -0.476 e. The van der Waals surface area contributed by atoms with Gasteiger partial charge in [0.1, 0.15) is 0 Å². The summed E-state index contributed by atoms with van der Waals surface area (Å²) in [5.74, 6) is -1.70. The van der Waals surface area contributed by atoms with Crippen LogP contribution < -0.4 is 5.32 Å². The zero-order chi connectivity index (χ0) is 11.5. The van der Waals surface area contributed by atoms with Crippen LogP contribution >= 0.6 is 22.9 Å². The summed E-state index contributed by atoms with van der Waals surface area (Å²) in [5.41, 5.74) is -0.162. The van der Waals surface area contributed by atoms with Crippen LogP contribution in [0.2, 0.25) is 0 Å². The fourth-order valence-corrected chi connectivity index (χ4v) is 1.86. The van der Waals surface area contributed by atoms with Gasteiger partial charge in [-0.3, -0.25) is 10.1 Å². The quantitative estimate of drug-likeness (QED) is 0.813. The molecule has 2 aromatic rings. The van der Waals surface area contributed by atoms with E-state index in [4.69, 9.17) is 5.11 Å². The number of carboxylic acid groups (broad SMARTS) is 1. The number of thiazole rings is 1. The first kappa shape index (κ1) is 10.6. The molecule has 82 valence electrons. The van der Waals surface area contributed by atoms with Gasteiger partial charge in [-0.15, -0.1) is 11.3 Å². The monoisotopic (exact) mass is 257 g/mol. The maximum Gasteiger partial charge on any atom is 0.355 e. The first-order valence-electron chi connectivity index (χ1n) is 3.82. The summed E-state index contributed by atoms with van der Waals surface area (Å²) in [6.07, 6.45) is 0. The second-order valence-corrected chi connectivity index (χ2v) is 4.06. The fourth-order valence-electron chi connectivity index (χ4n) is 0.809. The first-order chi connectivity index (χ1) is 7.66. The second-order valence-electron chi connectivity index (χ2n) is 2.46. The molecule has 0 saturated carbocycles. The highest BCUT2D eigenvalue weighted by atomic mass is 32.1. The molecular formula is C6H3N5O3S2. The van der Waals surface area contributed by atoms with Crippen LogP contribution in [-0.2, 0) is 0 Å². The van der Waals surface area contributed by atoms with Crippen molar-refractivity contribution in [1.82, 2.24) is 19.8 Å². The van der Waals surface area contributed by atoms with E-state index in [-0.39, 0.29) is 15.8 Å². The molecule has 0 spiro atoms. The van der Waals surface area contributed by atoms with Gasteiger partial charge >= 0.3 is 5.97 Å². The minimum absolute atomic E-state index is 0.0487. The van der Waals surface area contributed by atoms with E-state index in [0.717, 1.165) is 22.9 Å². The van der Waals surface area contributed by atoms with E-state index in [1.165, 1.54) is 5.38 Å². The number of amides is 1. The lowest BCUT2D eigenvalue weighted by Crippen LogP contribution is -2.12. The Morgan fingerprint density at radius 2 is 2.25 bits per heavy atom. The van der Waals surface area contributed by atoms with E-state index in [1.54, 1.807) is 0 Å². The summed E-state index contributed by atoms with van der Waals surface area (Å²) in [7, 11) is 0. The molecule has 0 radical (unpaired) electrons. The number of anilines is 1. The lowest BCUT2D eigenvalue weighted by atomic mass is 10.5. The van der Waals surface area contributed by atoms with Crippen LogP contribution in [-0.4, -0.2) is 36.8 Å². The van der Waals surface area contributed by atoms with Gasteiger partial charge in [-0.2, -0.15) is 0 Å². The van der Waals surface area contributed by atoms with E-state index in [0.29, 0.717) is 0 Å². The number of carbonyl (C=O) groups excluding carboxylic acids is 1. The molecule has 0 aliphatic heterocycles.